The number of benzene rings is 2. The van der Waals surface area contributed by atoms with Gasteiger partial charge in [-0.15, -0.1) is 0 Å². The number of aromatic nitrogens is 3. The largest absolute Gasteiger partial charge is 0.477 e. The molecule has 34 heavy (non-hydrogen) atoms. The molecule has 0 bridgehead atoms. The highest BCUT2D eigenvalue weighted by Gasteiger charge is 2.23. The predicted octanol–water partition coefficient (Wildman–Crippen LogP) is 4.88. The molecule has 1 N–H and O–H groups in total. The minimum absolute atomic E-state index is 0.0427. The number of carboxylic acid groups (broad SMARTS) is 1. The summed E-state index contributed by atoms with van der Waals surface area (Å²) in [6.07, 6.45) is 0. The third-order valence-corrected chi connectivity index (χ3v) is 6.04. The van der Waals surface area contributed by atoms with Crippen LogP contribution in [0.1, 0.15) is 35.9 Å². The van der Waals surface area contributed by atoms with Crippen LogP contribution >= 0.6 is 0 Å². The van der Waals surface area contributed by atoms with Crippen molar-refractivity contribution < 1.29 is 19.0 Å². The molecule has 4 aromatic rings. The van der Waals surface area contributed by atoms with Crippen LogP contribution in [-0.2, 0) is 4.74 Å². The number of anilines is 1. The molecule has 0 atom stereocenters. The lowest BCUT2D eigenvalue weighted by atomic mass is 9.97. The number of halogens is 1. The smallest absolute Gasteiger partial charge is 0.354 e. The molecule has 174 valence electrons. The van der Waals surface area contributed by atoms with Gasteiger partial charge in [-0.25, -0.2) is 18.9 Å². The lowest BCUT2D eigenvalue weighted by Gasteiger charge is -2.29. The second-order valence-corrected chi connectivity index (χ2v) is 8.64. The highest BCUT2D eigenvalue weighted by Crippen LogP contribution is 2.36. The zero-order valence-electron chi connectivity index (χ0n) is 19.0. The number of fused-ring (bicyclic) bond motifs is 1. The van der Waals surface area contributed by atoms with E-state index in [1.54, 1.807) is 18.2 Å². The van der Waals surface area contributed by atoms with E-state index in [2.05, 4.69) is 9.88 Å². The molecule has 1 aliphatic heterocycles. The Labute approximate surface area is 196 Å². The molecule has 0 amide bonds. The summed E-state index contributed by atoms with van der Waals surface area (Å²) < 4.78 is 21.0. The molecule has 0 aliphatic carbocycles. The standard InChI is InChI=1S/C26H25FN4O3/c1-16(2)24-23-21(17-6-8-19(9-7-17)30-10-12-34-13-11-30)15-22(26(32)33)28-25(23)31(29-24)20-5-3-4-18(27)14-20/h3-9,14-16H,10-13H2,1-2H3,(H,32,33). The summed E-state index contributed by atoms with van der Waals surface area (Å²) in [6.45, 7) is 7.11. The summed E-state index contributed by atoms with van der Waals surface area (Å²) in [6, 6.07) is 15.7. The molecule has 1 saturated heterocycles. The SMILES string of the molecule is CC(C)c1nn(-c2cccc(F)c2)c2nc(C(=O)O)cc(-c3ccc(N4CCOCC4)cc3)c12. The highest BCUT2D eigenvalue weighted by molar-refractivity contribution is 6.00. The van der Waals surface area contributed by atoms with Gasteiger partial charge in [-0.2, -0.15) is 5.10 Å². The van der Waals surface area contributed by atoms with Crippen LogP contribution in [0.2, 0.25) is 0 Å². The number of rotatable bonds is 5. The van der Waals surface area contributed by atoms with E-state index in [0.29, 0.717) is 24.5 Å². The first-order chi connectivity index (χ1) is 16.4. The van der Waals surface area contributed by atoms with Crippen molar-refractivity contribution >= 4 is 22.7 Å². The van der Waals surface area contributed by atoms with Crippen molar-refractivity contribution in [2.24, 2.45) is 0 Å². The number of carboxylic acids is 1. The van der Waals surface area contributed by atoms with Crippen molar-refractivity contribution in [3.05, 3.63) is 71.8 Å². The summed E-state index contributed by atoms with van der Waals surface area (Å²) in [4.78, 5) is 18.6. The van der Waals surface area contributed by atoms with Crippen LogP contribution in [0, 0.1) is 5.82 Å². The monoisotopic (exact) mass is 460 g/mol. The molecule has 3 heterocycles. The van der Waals surface area contributed by atoms with Crippen molar-refractivity contribution in [2.45, 2.75) is 19.8 Å². The molecule has 0 saturated carbocycles. The van der Waals surface area contributed by atoms with Crippen LogP contribution in [0.4, 0.5) is 10.1 Å². The summed E-state index contributed by atoms with van der Waals surface area (Å²) in [5.41, 5.74) is 4.26. The molecule has 0 spiro atoms. The van der Waals surface area contributed by atoms with E-state index >= 15 is 0 Å². The fraction of sp³-hybridized carbons (Fsp3) is 0.269. The summed E-state index contributed by atoms with van der Waals surface area (Å²) in [5, 5.41) is 15.3. The van der Waals surface area contributed by atoms with Crippen LogP contribution in [0.5, 0.6) is 0 Å². The minimum Gasteiger partial charge on any atom is -0.477 e. The fourth-order valence-electron chi connectivity index (χ4n) is 4.35. The summed E-state index contributed by atoms with van der Waals surface area (Å²) in [7, 11) is 0. The molecule has 0 radical (unpaired) electrons. The lowest BCUT2D eigenvalue weighted by molar-refractivity contribution is 0.0691. The first kappa shape index (κ1) is 22.0. The summed E-state index contributed by atoms with van der Waals surface area (Å²) in [5.74, 6) is -1.49. The van der Waals surface area contributed by atoms with Gasteiger partial charge in [-0.3, -0.25) is 0 Å². The maximum absolute atomic E-state index is 14.0. The fourth-order valence-corrected chi connectivity index (χ4v) is 4.35. The molecule has 1 aliphatic rings. The average Bonchev–Trinajstić information content (AvgIpc) is 3.24. The zero-order chi connectivity index (χ0) is 23.8. The van der Waals surface area contributed by atoms with Gasteiger partial charge in [0.05, 0.1) is 30.0 Å². The van der Waals surface area contributed by atoms with Gasteiger partial charge in [-0.05, 0) is 53.4 Å². The van der Waals surface area contributed by atoms with Crippen LogP contribution < -0.4 is 4.90 Å². The Balaban J connectivity index is 1.71. The molecule has 0 unspecified atom stereocenters. The number of aromatic carboxylic acids is 1. The highest BCUT2D eigenvalue weighted by atomic mass is 19.1. The van der Waals surface area contributed by atoms with Gasteiger partial charge >= 0.3 is 5.97 Å². The Bertz CT molecular complexity index is 1360. The predicted molar refractivity (Wildman–Crippen MR) is 128 cm³/mol. The average molecular weight is 461 g/mol. The van der Waals surface area contributed by atoms with Gasteiger partial charge in [0.25, 0.3) is 0 Å². The van der Waals surface area contributed by atoms with Gasteiger partial charge in [0.15, 0.2) is 11.3 Å². The van der Waals surface area contributed by atoms with Crippen LogP contribution in [0.25, 0.3) is 27.8 Å². The van der Waals surface area contributed by atoms with Crippen LogP contribution in [0.3, 0.4) is 0 Å². The van der Waals surface area contributed by atoms with Crippen molar-refractivity contribution in [3.63, 3.8) is 0 Å². The summed E-state index contributed by atoms with van der Waals surface area (Å²) >= 11 is 0. The minimum atomic E-state index is -1.13. The molecule has 5 rings (SSSR count). The Morgan fingerprint density at radius 1 is 1.06 bits per heavy atom. The van der Waals surface area contributed by atoms with Crippen LogP contribution in [0.15, 0.2) is 54.6 Å². The van der Waals surface area contributed by atoms with E-state index < -0.39 is 11.8 Å². The van der Waals surface area contributed by atoms with E-state index in [1.807, 2.05) is 38.1 Å². The number of nitrogens with zero attached hydrogens (tertiary/aromatic N) is 4. The second kappa shape index (κ2) is 8.87. The normalized spacial score (nSPS) is 14.2. The Hall–Kier alpha value is -3.78. The van der Waals surface area contributed by atoms with E-state index in [-0.39, 0.29) is 11.6 Å². The number of carbonyl (C=O) groups is 1. The molecule has 1 fully saturated rings. The first-order valence-electron chi connectivity index (χ1n) is 11.3. The number of hydrogen-bond acceptors (Lipinski definition) is 5. The quantitative estimate of drug-likeness (QED) is 0.457. The maximum Gasteiger partial charge on any atom is 0.354 e. The maximum atomic E-state index is 14.0. The van der Waals surface area contributed by atoms with E-state index in [1.165, 1.54) is 16.8 Å². The van der Waals surface area contributed by atoms with Gasteiger partial charge in [0.1, 0.15) is 5.82 Å². The molecule has 8 heteroatoms. The van der Waals surface area contributed by atoms with Crippen LogP contribution in [-0.4, -0.2) is 52.1 Å². The number of morpholine rings is 1. The topological polar surface area (TPSA) is 80.5 Å². The number of hydrogen-bond donors (Lipinski definition) is 1. The third kappa shape index (κ3) is 4.01. The molecular weight excluding hydrogens is 435 g/mol. The van der Waals surface area contributed by atoms with Gasteiger partial charge < -0.3 is 14.7 Å². The third-order valence-electron chi connectivity index (χ3n) is 6.04. The van der Waals surface area contributed by atoms with E-state index in [4.69, 9.17) is 9.84 Å². The Kier molecular flexibility index (Phi) is 5.75. The van der Waals surface area contributed by atoms with E-state index in [9.17, 15) is 14.3 Å². The number of ether oxygens (including phenoxy) is 1. The number of pyridine rings is 1. The van der Waals surface area contributed by atoms with Crippen molar-refractivity contribution in [1.82, 2.24) is 14.8 Å². The van der Waals surface area contributed by atoms with Crippen molar-refractivity contribution in [1.29, 1.82) is 0 Å². The Morgan fingerprint density at radius 3 is 2.44 bits per heavy atom. The second-order valence-electron chi connectivity index (χ2n) is 8.64. The Morgan fingerprint density at radius 2 is 1.79 bits per heavy atom. The first-order valence-corrected chi connectivity index (χ1v) is 11.3. The molecular formula is C26H25FN4O3. The molecule has 2 aromatic carbocycles. The van der Waals surface area contributed by atoms with Crippen molar-refractivity contribution in [2.75, 3.05) is 31.2 Å². The molecule has 2 aromatic heterocycles. The van der Waals surface area contributed by atoms with E-state index in [0.717, 1.165) is 41.0 Å². The zero-order valence-corrected chi connectivity index (χ0v) is 19.0. The van der Waals surface area contributed by atoms with Crippen molar-refractivity contribution in [3.8, 4) is 16.8 Å². The lowest BCUT2D eigenvalue weighted by Crippen LogP contribution is -2.36. The van der Waals surface area contributed by atoms with Gasteiger partial charge in [-0.1, -0.05) is 32.0 Å². The van der Waals surface area contributed by atoms with Gasteiger partial charge in [0.2, 0.25) is 0 Å². The molecule has 7 nitrogen and oxygen atoms in total. The van der Waals surface area contributed by atoms with Gasteiger partial charge in [0, 0.05) is 18.8 Å².